The van der Waals surface area contributed by atoms with Gasteiger partial charge >= 0.3 is 0 Å². The number of amides is 1. The Hall–Kier alpha value is -2.15. The average Bonchev–Trinajstić information content (AvgIpc) is 3.21. The van der Waals surface area contributed by atoms with E-state index in [2.05, 4.69) is 26.3 Å². The van der Waals surface area contributed by atoms with Gasteiger partial charge in [-0.25, -0.2) is 0 Å². The van der Waals surface area contributed by atoms with Crippen molar-refractivity contribution in [2.24, 2.45) is 7.05 Å². The van der Waals surface area contributed by atoms with Gasteiger partial charge in [-0.05, 0) is 25.5 Å². The molecule has 1 atom stereocenters. The molecule has 7 nitrogen and oxygen atoms in total. The predicted octanol–water partition coefficient (Wildman–Crippen LogP) is 1.61. The van der Waals surface area contributed by atoms with E-state index in [0.29, 0.717) is 5.56 Å². The van der Waals surface area contributed by atoms with Crippen molar-refractivity contribution in [3.8, 4) is 0 Å². The third-order valence-electron chi connectivity index (χ3n) is 4.83. The van der Waals surface area contributed by atoms with Gasteiger partial charge in [0.1, 0.15) is 0 Å². The van der Waals surface area contributed by atoms with Crippen LogP contribution in [0, 0.1) is 0 Å². The van der Waals surface area contributed by atoms with Crippen LogP contribution in [0.25, 0.3) is 0 Å². The maximum absolute atomic E-state index is 12.4. The molecule has 0 radical (unpaired) electrons. The number of hydrogen-bond donors (Lipinski definition) is 1. The van der Waals surface area contributed by atoms with Gasteiger partial charge in [-0.2, -0.15) is 10.2 Å². The summed E-state index contributed by atoms with van der Waals surface area (Å²) in [6.45, 7) is 2.01. The zero-order valence-electron chi connectivity index (χ0n) is 14.7. The fraction of sp³-hybridized carbons (Fsp3) is 0.588. The number of aromatic nitrogens is 4. The van der Waals surface area contributed by atoms with Crippen LogP contribution in [0.4, 0.5) is 0 Å². The van der Waals surface area contributed by atoms with Crippen molar-refractivity contribution >= 4 is 5.91 Å². The average molecular weight is 330 g/mol. The molecule has 0 saturated carbocycles. The highest BCUT2D eigenvalue weighted by molar-refractivity contribution is 5.94. The van der Waals surface area contributed by atoms with E-state index in [0.717, 1.165) is 31.6 Å². The van der Waals surface area contributed by atoms with Gasteiger partial charge in [0.05, 0.1) is 23.5 Å². The van der Waals surface area contributed by atoms with Crippen molar-refractivity contribution < 1.29 is 4.79 Å². The fourth-order valence-electron chi connectivity index (χ4n) is 3.45. The van der Waals surface area contributed by atoms with Crippen molar-refractivity contribution in [1.29, 1.82) is 0 Å². The number of aryl methyl sites for hydroxylation is 1. The van der Waals surface area contributed by atoms with Crippen molar-refractivity contribution in [3.05, 3.63) is 35.4 Å². The highest BCUT2D eigenvalue weighted by atomic mass is 16.2. The molecular weight excluding hydrogens is 304 g/mol. The second-order valence-electron chi connectivity index (χ2n) is 6.64. The molecule has 1 N–H and O–H groups in total. The normalized spacial score (nSPS) is 18.7. The van der Waals surface area contributed by atoms with Gasteiger partial charge < -0.3 is 4.90 Å². The van der Waals surface area contributed by atoms with E-state index in [4.69, 9.17) is 0 Å². The Bertz CT molecular complexity index is 689. The molecule has 0 bridgehead atoms. The van der Waals surface area contributed by atoms with Gasteiger partial charge in [0, 0.05) is 46.0 Å². The Morgan fingerprint density at radius 2 is 2.25 bits per heavy atom. The van der Waals surface area contributed by atoms with Gasteiger partial charge in [0.15, 0.2) is 0 Å². The molecule has 3 rings (SSSR count). The van der Waals surface area contributed by atoms with E-state index in [1.165, 1.54) is 18.5 Å². The lowest BCUT2D eigenvalue weighted by atomic mass is 9.96. The van der Waals surface area contributed by atoms with Crippen LogP contribution < -0.4 is 0 Å². The molecule has 0 aliphatic carbocycles. The van der Waals surface area contributed by atoms with Gasteiger partial charge in [-0.3, -0.25) is 19.5 Å². The minimum Gasteiger partial charge on any atom is -0.345 e. The number of nitrogens with one attached hydrogen (secondary N) is 1. The highest BCUT2D eigenvalue weighted by Gasteiger charge is 2.29. The molecule has 3 heterocycles. The molecule has 130 valence electrons. The number of piperidine rings is 1. The molecule has 1 aliphatic rings. The van der Waals surface area contributed by atoms with Crippen LogP contribution in [0.2, 0.25) is 0 Å². The van der Waals surface area contributed by atoms with Crippen molar-refractivity contribution in [2.75, 3.05) is 27.2 Å². The van der Waals surface area contributed by atoms with Gasteiger partial charge in [0.2, 0.25) is 0 Å². The Morgan fingerprint density at radius 3 is 2.96 bits per heavy atom. The molecule has 7 heteroatoms. The highest BCUT2D eigenvalue weighted by Crippen LogP contribution is 2.32. The summed E-state index contributed by atoms with van der Waals surface area (Å²) in [5.74, 6) is 0.0101. The smallest absolute Gasteiger partial charge is 0.256 e. The molecule has 1 unspecified atom stereocenters. The number of aromatic amines is 1. The summed E-state index contributed by atoms with van der Waals surface area (Å²) in [6, 6.07) is 2.30. The molecule has 1 aliphatic heterocycles. The molecule has 0 aromatic carbocycles. The fourth-order valence-corrected chi connectivity index (χ4v) is 3.45. The van der Waals surface area contributed by atoms with E-state index in [1.807, 2.05) is 17.9 Å². The molecular formula is C17H26N6O. The van der Waals surface area contributed by atoms with Crippen LogP contribution >= 0.6 is 0 Å². The largest absolute Gasteiger partial charge is 0.345 e. The SMILES string of the molecule is CN(C)C(=O)c1cn[nH]c1C1CCCCN1CCc1ccnn1C. The number of hydrogen-bond acceptors (Lipinski definition) is 4. The molecule has 0 spiro atoms. The summed E-state index contributed by atoms with van der Waals surface area (Å²) in [7, 11) is 5.53. The van der Waals surface area contributed by atoms with E-state index >= 15 is 0 Å². The zero-order valence-corrected chi connectivity index (χ0v) is 14.7. The third-order valence-corrected chi connectivity index (χ3v) is 4.83. The lowest BCUT2D eigenvalue weighted by Gasteiger charge is -2.35. The monoisotopic (exact) mass is 330 g/mol. The summed E-state index contributed by atoms with van der Waals surface area (Å²) in [5.41, 5.74) is 2.88. The maximum atomic E-state index is 12.4. The van der Waals surface area contributed by atoms with Crippen LogP contribution in [0.3, 0.4) is 0 Å². The number of nitrogens with zero attached hydrogens (tertiary/aromatic N) is 5. The number of H-pyrrole nitrogens is 1. The molecule has 24 heavy (non-hydrogen) atoms. The van der Waals surface area contributed by atoms with Crippen LogP contribution in [-0.4, -0.2) is 62.9 Å². The molecule has 1 saturated heterocycles. The van der Waals surface area contributed by atoms with Gasteiger partial charge in [0.25, 0.3) is 5.91 Å². The lowest BCUT2D eigenvalue weighted by Crippen LogP contribution is -2.36. The van der Waals surface area contributed by atoms with Crippen LogP contribution in [0.5, 0.6) is 0 Å². The van der Waals surface area contributed by atoms with Gasteiger partial charge in [-0.15, -0.1) is 0 Å². The van der Waals surface area contributed by atoms with Crippen molar-refractivity contribution in [3.63, 3.8) is 0 Å². The van der Waals surface area contributed by atoms with Crippen molar-refractivity contribution in [1.82, 2.24) is 29.8 Å². The van der Waals surface area contributed by atoms with E-state index < -0.39 is 0 Å². The first-order valence-corrected chi connectivity index (χ1v) is 8.53. The topological polar surface area (TPSA) is 70.1 Å². The minimum atomic E-state index is 0.0101. The van der Waals surface area contributed by atoms with E-state index in [9.17, 15) is 4.79 Å². The summed E-state index contributed by atoms with van der Waals surface area (Å²) in [5, 5.41) is 11.5. The zero-order chi connectivity index (χ0) is 17.1. The Morgan fingerprint density at radius 1 is 1.42 bits per heavy atom. The standard InChI is InChI=1S/C17H26N6O/c1-21(2)17(24)14-12-18-20-16(14)15-6-4-5-10-23(15)11-8-13-7-9-19-22(13)3/h7,9,12,15H,4-6,8,10-11H2,1-3H3,(H,18,20). The van der Waals surface area contributed by atoms with Crippen LogP contribution in [0.1, 0.15) is 47.1 Å². The number of likely N-dealkylation sites (tertiary alicyclic amines) is 1. The first-order valence-electron chi connectivity index (χ1n) is 8.53. The summed E-state index contributed by atoms with van der Waals surface area (Å²) >= 11 is 0. The number of carbonyl (C=O) groups is 1. The summed E-state index contributed by atoms with van der Waals surface area (Å²) in [6.07, 6.45) is 7.89. The van der Waals surface area contributed by atoms with Crippen molar-refractivity contribution in [2.45, 2.75) is 31.7 Å². The Labute approximate surface area is 142 Å². The van der Waals surface area contributed by atoms with Crippen LogP contribution in [0.15, 0.2) is 18.5 Å². The first-order chi connectivity index (χ1) is 11.6. The third kappa shape index (κ3) is 3.36. The first kappa shape index (κ1) is 16.7. The summed E-state index contributed by atoms with van der Waals surface area (Å²) in [4.78, 5) is 16.5. The van der Waals surface area contributed by atoms with Crippen LogP contribution in [-0.2, 0) is 13.5 Å². The minimum absolute atomic E-state index is 0.0101. The molecule has 2 aromatic heterocycles. The molecule has 1 fully saturated rings. The predicted molar refractivity (Wildman–Crippen MR) is 91.7 cm³/mol. The lowest BCUT2D eigenvalue weighted by molar-refractivity contribution is 0.0820. The van der Waals surface area contributed by atoms with E-state index in [-0.39, 0.29) is 11.9 Å². The Kier molecular flexibility index (Phi) is 4.99. The van der Waals surface area contributed by atoms with Gasteiger partial charge in [-0.1, -0.05) is 6.42 Å². The maximum Gasteiger partial charge on any atom is 0.256 e. The summed E-state index contributed by atoms with van der Waals surface area (Å²) < 4.78 is 1.93. The second-order valence-corrected chi connectivity index (χ2v) is 6.64. The molecule has 1 amide bonds. The number of rotatable bonds is 5. The van der Waals surface area contributed by atoms with E-state index in [1.54, 1.807) is 25.2 Å². The number of carbonyl (C=O) groups excluding carboxylic acids is 1. The quantitative estimate of drug-likeness (QED) is 0.904. The second kappa shape index (κ2) is 7.17. The Balaban J connectivity index is 1.76. The molecule has 2 aromatic rings.